The van der Waals surface area contributed by atoms with Crippen molar-refractivity contribution >= 4 is 17.5 Å². The Kier molecular flexibility index (Phi) is 6.08. The zero-order valence-electron chi connectivity index (χ0n) is 15.1. The van der Waals surface area contributed by atoms with Crippen molar-refractivity contribution in [3.63, 3.8) is 0 Å². The van der Waals surface area contributed by atoms with Crippen molar-refractivity contribution in [2.24, 2.45) is 5.92 Å². The molecule has 136 valence electrons. The van der Waals surface area contributed by atoms with Gasteiger partial charge >= 0.3 is 0 Å². The van der Waals surface area contributed by atoms with E-state index in [9.17, 15) is 9.59 Å². The molecule has 5 nitrogen and oxygen atoms in total. The molecule has 2 saturated heterocycles. The fourth-order valence-corrected chi connectivity index (χ4v) is 3.82. The molecule has 3 rings (SSSR count). The zero-order chi connectivity index (χ0) is 17.6. The number of amides is 2. The van der Waals surface area contributed by atoms with Crippen molar-refractivity contribution in [1.29, 1.82) is 0 Å². The predicted molar refractivity (Wildman–Crippen MR) is 99.3 cm³/mol. The summed E-state index contributed by atoms with van der Waals surface area (Å²) in [6.45, 7) is 5.15. The molecule has 0 radical (unpaired) electrons. The molecule has 25 heavy (non-hydrogen) atoms. The van der Waals surface area contributed by atoms with Gasteiger partial charge in [0.2, 0.25) is 11.8 Å². The van der Waals surface area contributed by atoms with Crippen LogP contribution < -0.4 is 5.32 Å². The average molecular weight is 343 g/mol. The summed E-state index contributed by atoms with van der Waals surface area (Å²) < 4.78 is 0. The molecule has 2 aliphatic rings. The predicted octanol–water partition coefficient (Wildman–Crippen LogP) is 2.74. The van der Waals surface area contributed by atoms with E-state index in [0.29, 0.717) is 25.7 Å². The standard InChI is InChI=1S/C20H29N3O2/c1-16-7-5-6-12-23(16)15-19(24)22-13-10-17(11-14-22)20(25)21-18-8-3-2-4-9-18/h2-4,8-9,16-17H,5-7,10-15H2,1H3,(H,21,25). The van der Waals surface area contributed by atoms with Crippen LogP contribution in [0.2, 0.25) is 0 Å². The Morgan fingerprint density at radius 1 is 1.04 bits per heavy atom. The number of piperidine rings is 2. The minimum atomic E-state index is -0.00170. The Hall–Kier alpha value is -1.88. The number of likely N-dealkylation sites (tertiary alicyclic amines) is 2. The third-order valence-electron chi connectivity index (χ3n) is 5.54. The molecule has 0 aliphatic carbocycles. The highest BCUT2D eigenvalue weighted by Crippen LogP contribution is 2.21. The molecular formula is C20H29N3O2. The number of para-hydroxylation sites is 1. The van der Waals surface area contributed by atoms with Crippen LogP contribution in [-0.4, -0.2) is 53.8 Å². The smallest absolute Gasteiger partial charge is 0.236 e. The Balaban J connectivity index is 1.44. The number of anilines is 1. The van der Waals surface area contributed by atoms with Crippen LogP contribution in [0.1, 0.15) is 39.0 Å². The molecule has 2 aliphatic heterocycles. The molecular weight excluding hydrogens is 314 g/mol. The second kappa shape index (κ2) is 8.48. The number of rotatable bonds is 4. The number of nitrogens with one attached hydrogen (secondary N) is 1. The van der Waals surface area contributed by atoms with E-state index in [-0.39, 0.29) is 17.7 Å². The summed E-state index contributed by atoms with van der Waals surface area (Å²) in [6, 6.07) is 10.1. The first-order chi connectivity index (χ1) is 12.1. The van der Waals surface area contributed by atoms with Crippen LogP contribution in [0.15, 0.2) is 30.3 Å². The minimum Gasteiger partial charge on any atom is -0.342 e. The summed E-state index contributed by atoms with van der Waals surface area (Å²) in [4.78, 5) is 29.2. The molecule has 0 aromatic heterocycles. The van der Waals surface area contributed by atoms with E-state index in [0.717, 1.165) is 25.1 Å². The van der Waals surface area contributed by atoms with E-state index >= 15 is 0 Å². The summed E-state index contributed by atoms with van der Waals surface area (Å²) in [5.41, 5.74) is 0.838. The largest absolute Gasteiger partial charge is 0.342 e. The van der Waals surface area contributed by atoms with Crippen LogP contribution in [0.25, 0.3) is 0 Å². The Bertz CT molecular complexity index is 582. The lowest BCUT2D eigenvalue weighted by Crippen LogP contribution is -2.48. The van der Waals surface area contributed by atoms with E-state index in [1.54, 1.807) is 0 Å². The van der Waals surface area contributed by atoms with Crippen molar-refractivity contribution < 1.29 is 9.59 Å². The van der Waals surface area contributed by atoms with Gasteiger partial charge in [0.1, 0.15) is 0 Å². The van der Waals surface area contributed by atoms with Crippen molar-refractivity contribution in [3.8, 4) is 0 Å². The number of hydrogen-bond donors (Lipinski definition) is 1. The van der Waals surface area contributed by atoms with E-state index < -0.39 is 0 Å². The topological polar surface area (TPSA) is 52.7 Å². The van der Waals surface area contributed by atoms with Crippen LogP contribution in [0.4, 0.5) is 5.69 Å². The number of nitrogens with zero attached hydrogens (tertiary/aromatic N) is 2. The maximum absolute atomic E-state index is 12.6. The lowest BCUT2D eigenvalue weighted by molar-refractivity contribution is -0.136. The van der Waals surface area contributed by atoms with Gasteiger partial charge in [0.25, 0.3) is 0 Å². The van der Waals surface area contributed by atoms with Crippen molar-refractivity contribution in [1.82, 2.24) is 9.80 Å². The van der Waals surface area contributed by atoms with Gasteiger partial charge in [0.05, 0.1) is 6.54 Å². The number of carbonyl (C=O) groups is 2. The molecule has 5 heteroatoms. The second-order valence-corrected chi connectivity index (χ2v) is 7.33. The summed E-state index contributed by atoms with van der Waals surface area (Å²) in [6.07, 6.45) is 5.15. The van der Waals surface area contributed by atoms with Crippen LogP contribution in [0.3, 0.4) is 0 Å². The Morgan fingerprint density at radius 2 is 1.76 bits per heavy atom. The average Bonchev–Trinajstić information content (AvgIpc) is 2.64. The highest BCUT2D eigenvalue weighted by molar-refractivity contribution is 5.92. The van der Waals surface area contributed by atoms with Crippen LogP contribution >= 0.6 is 0 Å². The number of carbonyl (C=O) groups excluding carboxylic acids is 2. The van der Waals surface area contributed by atoms with Gasteiger partial charge in [-0.3, -0.25) is 14.5 Å². The second-order valence-electron chi connectivity index (χ2n) is 7.33. The summed E-state index contributed by atoms with van der Waals surface area (Å²) in [5.74, 6) is 0.289. The molecule has 2 amide bonds. The van der Waals surface area contributed by atoms with E-state index in [1.807, 2.05) is 35.2 Å². The molecule has 2 fully saturated rings. The van der Waals surface area contributed by atoms with Gasteiger partial charge < -0.3 is 10.2 Å². The normalized spacial score (nSPS) is 22.6. The molecule has 1 aromatic carbocycles. The van der Waals surface area contributed by atoms with Crippen molar-refractivity contribution in [2.45, 2.75) is 45.1 Å². The van der Waals surface area contributed by atoms with Gasteiger partial charge in [-0.15, -0.1) is 0 Å². The molecule has 0 bridgehead atoms. The third kappa shape index (κ3) is 4.82. The summed E-state index contributed by atoms with van der Waals surface area (Å²) >= 11 is 0. The quantitative estimate of drug-likeness (QED) is 0.914. The molecule has 0 spiro atoms. The Morgan fingerprint density at radius 3 is 2.44 bits per heavy atom. The zero-order valence-corrected chi connectivity index (χ0v) is 15.1. The fraction of sp³-hybridized carbons (Fsp3) is 0.600. The molecule has 1 unspecified atom stereocenters. The minimum absolute atomic E-state index is 0.00170. The van der Waals surface area contributed by atoms with Crippen molar-refractivity contribution in [2.75, 3.05) is 31.5 Å². The first-order valence-electron chi connectivity index (χ1n) is 9.51. The first kappa shape index (κ1) is 17.9. The lowest BCUT2D eigenvalue weighted by atomic mass is 9.95. The number of hydrogen-bond acceptors (Lipinski definition) is 3. The molecule has 1 N–H and O–H groups in total. The molecule has 2 heterocycles. The van der Waals surface area contributed by atoms with Crippen molar-refractivity contribution in [3.05, 3.63) is 30.3 Å². The van der Waals surface area contributed by atoms with Crippen LogP contribution in [0.5, 0.6) is 0 Å². The monoisotopic (exact) mass is 343 g/mol. The molecule has 1 atom stereocenters. The van der Waals surface area contributed by atoms with Gasteiger partial charge in [0.15, 0.2) is 0 Å². The first-order valence-corrected chi connectivity index (χ1v) is 9.51. The summed E-state index contributed by atoms with van der Waals surface area (Å²) in [7, 11) is 0. The molecule has 0 saturated carbocycles. The highest BCUT2D eigenvalue weighted by Gasteiger charge is 2.29. The third-order valence-corrected chi connectivity index (χ3v) is 5.54. The maximum Gasteiger partial charge on any atom is 0.236 e. The fourth-order valence-electron chi connectivity index (χ4n) is 3.82. The van der Waals surface area contributed by atoms with Gasteiger partial charge in [-0.2, -0.15) is 0 Å². The van der Waals surface area contributed by atoms with E-state index in [4.69, 9.17) is 0 Å². The van der Waals surface area contributed by atoms with Crippen LogP contribution in [-0.2, 0) is 9.59 Å². The van der Waals surface area contributed by atoms with E-state index in [1.165, 1.54) is 19.3 Å². The maximum atomic E-state index is 12.6. The van der Waals surface area contributed by atoms with Gasteiger partial charge in [-0.05, 0) is 51.3 Å². The summed E-state index contributed by atoms with van der Waals surface area (Å²) in [5, 5.41) is 2.98. The Labute approximate surface area is 150 Å². The van der Waals surface area contributed by atoms with Crippen LogP contribution in [0, 0.1) is 5.92 Å². The van der Waals surface area contributed by atoms with Gasteiger partial charge in [0, 0.05) is 30.7 Å². The van der Waals surface area contributed by atoms with E-state index in [2.05, 4.69) is 17.1 Å². The molecule has 1 aromatic rings. The highest BCUT2D eigenvalue weighted by atomic mass is 16.2. The van der Waals surface area contributed by atoms with Gasteiger partial charge in [-0.25, -0.2) is 0 Å². The van der Waals surface area contributed by atoms with Gasteiger partial charge in [-0.1, -0.05) is 24.6 Å². The lowest BCUT2D eigenvalue weighted by Gasteiger charge is -2.36. The SMILES string of the molecule is CC1CCCCN1CC(=O)N1CCC(C(=O)Nc2ccccc2)CC1. The number of benzene rings is 1.